The smallest absolute Gasteiger partial charge is 0.241 e. The molecule has 1 aromatic carbocycles. The maximum absolute atomic E-state index is 12.3. The molecular weight excluding hydrogens is 280 g/mol. The Morgan fingerprint density at radius 3 is 2.42 bits per heavy atom. The summed E-state index contributed by atoms with van der Waals surface area (Å²) in [4.78, 5) is 0.517. The molecule has 0 heterocycles. The maximum atomic E-state index is 12.3. The second kappa shape index (κ2) is 5.56. The van der Waals surface area contributed by atoms with Crippen LogP contribution in [0, 0.1) is 6.92 Å². The van der Waals surface area contributed by atoms with Gasteiger partial charge in [-0.25, -0.2) is 13.1 Å². The molecule has 6 heteroatoms. The van der Waals surface area contributed by atoms with Crippen molar-refractivity contribution in [1.82, 2.24) is 4.72 Å². The van der Waals surface area contributed by atoms with Gasteiger partial charge >= 0.3 is 0 Å². The summed E-state index contributed by atoms with van der Waals surface area (Å²) < 4.78 is 27.4. The molecule has 0 radical (unpaired) electrons. The normalized spacial score (nSPS) is 12.4. The van der Waals surface area contributed by atoms with Crippen LogP contribution in [0.5, 0.6) is 0 Å². The van der Waals surface area contributed by atoms with E-state index in [0.29, 0.717) is 17.5 Å². The quantitative estimate of drug-likeness (QED) is 0.817. The first-order valence-corrected chi connectivity index (χ1v) is 7.92. The Bertz CT molecular complexity index is 593. The molecule has 0 bridgehead atoms. The van der Waals surface area contributed by atoms with Crippen LogP contribution in [0.25, 0.3) is 0 Å². The van der Waals surface area contributed by atoms with Crippen molar-refractivity contribution in [2.24, 2.45) is 5.73 Å². The highest BCUT2D eigenvalue weighted by molar-refractivity contribution is 7.89. The fourth-order valence-corrected chi connectivity index (χ4v) is 3.43. The first kappa shape index (κ1) is 16.1. The molecule has 3 N–H and O–H groups in total. The lowest BCUT2D eigenvalue weighted by molar-refractivity contribution is 0.439. The third-order valence-electron chi connectivity index (χ3n) is 3.04. The molecule has 0 saturated heterocycles. The molecule has 0 atom stereocenters. The number of hydrogen-bond acceptors (Lipinski definition) is 3. The van der Waals surface area contributed by atoms with Gasteiger partial charge in [-0.3, -0.25) is 0 Å². The summed E-state index contributed by atoms with van der Waals surface area (Å²) >= 11 is 4.88. The zero-order valence-corrected chi connectivity index (χ0v) is 13.3. The van der Waals surface area contributed by atoms with Crippen molar-refractivity contribution in [3.05, 3.63) is 29.3 Å². The molecule has 4 nitrogen and oxygen atoms in total. The largest absolute Gasteiger partial charge is 0.389 e. The predicted octanol–water partition coefficient (Wildman–Crippen LogP) is 2.10. The highest BCUT2D eigenvalue weighted by Gasteiger charge is 2.25. The van der Waals surface area contributed by atoms with Crippen LogP contribution in [0.3, 0.4) is 0 Å². The van der Waals surface area contributed by atoms with Gasteiger partial charge in [0.2, 0.25) is 10.0 Å². The molecule has 1 aromatic rings. The number of sulfonamides is 1. The fraction of sp³-hybridized carbons (Fsp3) is 0.462. The molecule has 1 rings (SSSR count). The summed E-state index contributed by atoms with van der Waals surface area (Å²) in [6.07, 6.45) is 0.705. The minimum Gasteiger partial charge on any atom is -0.389 e. The zero-order chi connectivity index (χ0) is 14.8. The van der Waals surface area contributed by atoms with Crippen molar-refractivity contribution in [2.45, 2.75) is 44.6 Å². The van der Waals surface area contributed by atoms with Crippen molar-refractivity contribution in [3.8, 4) is 0 Å². The summed E-state index contributed by atoms with van der Waals surface area (Å²) in [6.45, 7) is 7.37. The van der Waals surface area contributed by atoms with Crippen LogP contribution in [0.1, 0.15) is 38.3 Å². The number of hydrogen-bond donors (Lipinski definition) is 2. The van der Waals surface area contributed by atoms with Crippen LogP contribution >= 0.6 is 12.2 Å². The Morgan fingerprint density at radius 1 is 1.42 bits per heavy atom. The van der Waals surface area contributed by atoms with Crippen LogP contribution in [0.4, 0.5) is 0 Å². The van der Waals surface area contributed by atoms with Gasteiger partial charge in [0, 0.05) is 11.1 Å². The van der Waals surface area contributed by atoms with E-state index in [1.54, 1.807) is 19.1 Å². The van der Waals surface area contributed by atoms with Gasteiger partial charge in [0.25, 0.3) is 0 Å². The average Bonchev–Trinajstić information content (AvgIpc) is 2.27. The monoisotopic (exact) mass is 300 g/mol. The van der Waals surface area contributed by atoms with Crippen molar-refractivity contribution in [1.29, 1.82) is 0 Å². The standard InChI is InChI=1S/C13H20N2O2S2/c1-5-13(3,4)15-19(16,17)11-7-6-10(12(14)18)8-9(11)2/h6-8,15H,5H2,1-4H3,(H2,14,18). The topological polar surface area (TPSA) is 72.2 Å². The summed E-state index contributed by atoms with van der Waals surface area (Å²) in [7, 11) is -3.54. The molecule has 0 aliphatic carbocycles. The second-order valence-electron chi connectivity index (χ2n) is 5.19. The molecule has 0 aromatic heterocycles. The lowest BCUT2D eigenvalue weighted by atomic mass is 10.0. The van der Waals surface area contributed by atoms with Crippen molar-refractivity contribution >= 4 is 27.2 Å². The number of thiocarbonyl (C=S) groups is 1. The molecule has 0 saturated carbocycles. The van der Waals surface area contributed by atoms with Gasteiger partial charge in [-0.1, -0.05) is 25.2 Å². The lowest BCUT2D eigenvalue weighted by Crippen LogP contribution is -2.42. The number of nitrogens with two attached hydrogens (primary N) is 1. The first-order valence-electron chi connectivity index (χ1n) is 6.03. The number of rotatable bonds is 5. The molecular formula is C13H20N2O2S2. The van der Waals surface area contributed by atoms with Gasteiger partial charge in [-0.05, 0) is 44.9 Å². The van der Waals surface area contributed by atoms with E-state index in [2.05, 4.69) is 4.72 Å². The molecule has 106 valence electrons. The minimum absolute atomic E-state index is 0.258. The van der Waals surface area contributed by atoms with Crippen LogP contribution in [-0.4, -0.2) is 18.9 Å². The third-order valence-corrected chi connectivity index (χ3v) is 5.14. The van der Waals surface area contributed by atoms with E-state index < -0.39 is 15.6 Å². The SMILES string of the molecule is CCC(C)(C)NS(=O)(=O)c1ccc(C(N)=S)cc1C. The Kier molecular flexibility index (Phi) is 4.71. The van der Waals surface area contributed by atoms with E-state index in [-0.39, 0.29) is 9.88 Å². The summed E-state index contributed by atoms with van der Waals surface area (Å²) in [5, 5.41) is 0. The molecule has 0 aliphatic heterocycles. The Morgan fingerprint density at radius 2 is 2.00 bits per heavy atom. The van der Waals surface area contributed by atoms with Crippen LogP contribution < -0.4 is 10.5 Å². The molecule has 19 heavy (non-hydrogen) atoms. The zero-order valence-electron chi connectivity index (χ0n) is 11.6. The van der Waals surface area contributed by atoms with E-state index in [4.69, 9.17) is 18.0 Å². The second-order valence-corrected chi connectivity index (χ2v) is 7.28. The minimum atomic E-state index is -3.54. The summed E-state index contributed by atoms with van der Waals surface area (Å²) in [5.41, 5.74) is 6.35. The summed E-state index contributed by atoms with van der Waals surface area (Å²) in [5.74, 6) is 0. The molecule has 0 amide bonds. The predicted molar refractivity (Wildman–Crippen MR) is 81.8 cm³/mol. The number of benzene rings is 1. The van der Waals surface area contributed by atoms with E-state index in [1.807, 2.05) is 20.8 Å². The Hall–Kier alpha value is -0.980. The molecule has 0 spiro atoms. The van der Waals surface area contributed by atoms with Gasteiger partial charge in [-0.15, -0.1) is 0 Å². The number of nitrogens with one attached hydrogen (secondary N) is 1. The highest BCUT2D eigenvalue weighted by atomic mass is 32.2. The van der Waals surface area contributed by atoms with Crippen LogP contribution in [0.2, 0.25) is 0 Å². The lowest BCUT2D eigenvalue weighted by Gasteiger charge is -2.24. The first-order chi connectivity index (χ1) is 8.59. The molecule has 0 fully saturated rings. The van der Waals surface area contributed by atoms with Crippen LogP contribution in [-0.2, 0) is 10.0 Å². The van der Waals surface area contributed by atoms with Gasteiger partial charge < -0.3 is 5.73 Å². The van der Waals surface area contributed by atoms with E-state index in [1.165, 1.54) is 6.07 Å². The van der Waals surface area contributed by atoms with Crippen molar-refractivity contribution in [2.75, 3.05) is 0 Å². The number of aryl methyl sites for hydroxylation is 1. The van der Waals surface area contributed by atoms with Gasteiger partial charge in [0.1, 0.15) is 4.99 Å². The average molecular weight is 300 g/mol. The summed E-state index contributed by atoms with van der Waals surface area (Å²) in [6, 6.07) is 4.86. The molecule has 0 unspecified atom stereocenters. The van der Waals surface area contributed by atoms with E-state index in [0.717, 1.165) is 0 Å². The molecule has 0 aliphatic rings. The Labute approximate surface area is 120 Å². The van der Waals surface area contributed by atoms with Gasteiger partial charge in [0.05, 0.1) is 4.90 Å². The van der Waals surface area contributed by atoms with E-state index >= 15 is 0 Å². The van der Waals surface area contributed by atoms with Gasteiger partial charge in [-0.2, -0.15) is 0 Å². The Balaban J connectivity index is 3.20. The third kappa shape index (κ3) is 3.99. The van der Waals surface area contributed by atoms with Crippen LogP contribution in [0.15, 0.2) is 23.1 Å². The highest BCUT2D eigenvalue weighted by Crippen LogP contribution is 2.20. The fourth-order valence-electron chi connectivity index (χ4n) is 1.60. The van der Waals surface area contributed by atoms with Gasteiger partial charge in [0.15, 0.2) is 0 Å². The maximum Gasteiger partial charge on any atom is 0.241 e. The van der Waals surface area contributed by atoms with Crippen molar-refractivity contribution < 1.29 is 8.42 Å². The van der Waals surface area contributed by atoms with E-state index in [9.17, 15) is 8.42 Å². The van der Waals surface area contributed by atoms with Crippen molar-refractivity contribution in [3.63, 3.8) is 0 Å².